The molecule has 1 aromatic rings. The molecule has 2 fully saturated rings. The van der Waals surface area contributed by atoms with Gasteiger partial charge in [-0.2, -0.15) is 0 Å². The van der Waals surface area contributed by atoms with E-state index >= 15 is 0 Å². The van der Waals surface area contributed by atoms with E-state index in [1.165, 1.54) is 5.56 Å². The summed E-state index contributed by atoms with van der Waals surface area (Å²) >= 11 is 0. The van der Waals surface area contributed by atoms with Crippen LogP contribution < -0.4 is 16.4 Å². The van der Waals surface area contributed by atoms with Crippen LogP contribution in [0.3, 0.4) is 0 Å². The number of piperidine rings is 1. The van der Waals surface area contributed by atoms with Crippen LogP contribution >= 0.6 is 0 Å². The third-order valence-corrected chi connectivity index (χ3v) is 5.31. The number of nitrogens with two attached hydrogens (primary N) is 2. The van der Waals surface area contributed by atoms with E-state index in [0.29, 0.717) is 17.6 Å². The minimum atomic E-state index is -0.360. The Morgan fingerprint density at radius 2 is 1.95 bits per heavy atom. The van der Waals surface area contributed by atoms with Crippen molar-refractivity contribution in [3.63, 3.8) is 0 Å². The molecule has 5 heteroatoms. The number of hydrogen-bond acceptors (Lipinski definition) is 4. The van der Waals surface area contributed by atoms with Crippen LogP contribution in [-0.4, -0.2) is 29.0 Å². The Hall–Kier alpha value is -1.62. The summed E-state index contributed by atoms with van der Waals surface area (Å²) in [6.45, 7) is 0. The van der Waals surface area contributed by atoms with Gasteiger partial charge in [0.05, 0.1) is 5.56 Å². The van der Waals surface area contributed by atoms with Crippen LogP contribution in [-0.2, 0) is 12.8 Å². The second-order valence-electron chi connectivity index (χ2n) is 6.71. The third kappa shape index (κ3) is 2.02. The van der Waals surface area contributed by atoms with E-state index in [-0.39, 0.29) is 11.9 Å². The van der Waals surface area contributed by atoms with E-state index in [4.69, 9.17) is 16.5 Å². The van der Waals surface area contributed by atoms with Gasteiger partial charge in [-0.1, -0.05) is 0 Å². The Labute approximate surface area is 124 Å². The number of fused-ring (bicyclic) bond motifs is 3. The van der Waals surface area contributed by atoms with Crippen LogP contribution in [0.4, 0.5) is 5.82 Å². The number of aromatic nitrogens is 1. The van der Waals surface area contributed by atoms with Gasteiger partial charge >= 0.3 is 0 Å². The number of hydrogen-bond donors (Lipinski definition) is 2. The number of carbonyl (C=O) groups excluding carboxylic acids is 1. The third-order valence-electron chi connectivity index (χ3n) is 5.31. The Bertz CT molecular complexity index is 586. The van der Waals surface area contributed by atoms with E-state index in [2.05, 4.69) is 4.90 Å². The highest BCUT2D eigenvalue weighted by Crippen LogP contribution is 2.40. The maximum absolute atomic E-state index is 11.9. The van der Waals surface area contributed by atoms with Crippen LogP contribution in [0.15, 0.2) is 6.07 Å². The number of amides is 1. The van der Waals surface area contributed by atoms with Crippen LogP contribution in [0.25, 0.3) is 0 Å². The van der Waals surface area contributed by atoms with Crippen molar-refractivity contribution in [3.8, 4) is 0 Å². The summed E-state index contributed by atoms with van der Waals surface area (Å²) in [6, 6.07) is 3.11. The Kier molecular flexibility index (Phi) is 2.92. The van der Waals surface area contributed by atoms with Gasteiger partial charge in [0.15, 0.2) is 0 Å². The Balaban J connectivity index is 1.79. The lowest BCUT2D eigenvalue weighted by molar-refractivity contribution is 0.1000. The highest BCUT2D eigenvalue weighted by molar-refractivity contribution is 5.98. The average molecular weight is 286 g/mol. The first-order chi connectivity index (χ1) is 10.1. The van der Waals surface area contributed by atoms with E-state index < -0.39 is 0 Å². The highest BCUT2D eigenvalue weighted by Gasteiger charge is 2.41. The van der Waals surface area contributed by atoms with Gasteiger partial charge < -0.3 is 16.4 Å². The maximum atomic E-state index is 11.9. The average Bonchev–Trinajstić information content (AvgIpc) is 2.99. The maximum Gasteiger partial charge on any atom is 0.252 e. The molecule has 2 saturated heterocycles. The van der Waals surface area contributed by atoms with Crippen molar-refractivity contribution in [1.29, 1.82) is 0 Å². The summed E-state index contributed by atoms with van der Waals surface area (Å²) in [5.74, 6) is 0.462. The monoisotopic (exact) mass is 286 g/mol. The predicted molar refractivity (Wildman–Crippen MR) is 81.3 cm³/mol. The molecule has 1 amide bonds. The molecule has 2 atom stereocenters. The Morgan fingerprint density at radius 1 is 1.24 bits per heavy atom. The quantitative estimate of drug-likeness (QED) is 0.853. The molecule has 112 valence electrons. The Morgan fingerprint density at radius 3 is 2.62 bits per heavy atom. The molecule has 0 saturated carbocycles. The molecule has 4 N–H and O–H groups in total. The van der Waals surface area contributed by atoms with Gasteiger partial charge in [-0.25, -0.2) is 4.98 Å². The lowest BCUT2D eigenvalue weighted by Crippen LogP contribution is -2.48. The van der Waals surface area contributed by atoms with Gasteiger partial charge in [-0.15, -0.1) is 0 Å². The molecule has 1 aliphatic carbocycles. The fourth-order valence-corrected chi connectivity index (χ4v) is 4.40. The first kappa shape index (κ1) is 13.1. The fraction of sp³-hybridized carbons (Fsp3) is 0.625. The molecule has 3 aliphatic rings. The molecule has 3 heterocycles. The van der Waals surface area contributed by atoms with Crippen LogP contribution in [0.1, 0.15) is 53.7 Å². The van der Waals surface area contributed by atoms with E-state index in [0.717, 1.165) is 56.5 Å². The predicted octanol–water partition coefficient (Wildman–Crippen LogP) is 1.13. The van der Waals surface area contributed by atoms with Crippen molar-refractivity contribution in [2.24, 2.45) is 11.5 Å². The van der Waals surface area contributed by atoms with Crippen molar-refractivity contribution in [2.45, 2.75) is 63.1 Å². The molecular weight excluding hydrogens is 264 g/mol. The summed E-state index contributed by atoms with van der Waals surface area (Å²) in [7, 11) is 0. The van der Waals surface area contributed by atoms with Gasteiger partial charge in [0.2, 0.25) is 0 Å². The molecule has 2 aliphatic heterocycles. The lowest BCUT2D eigenvalue weighted by Gasteiger charge is -2.39. The smallest absolute Gasteiger partial charge is 0.252 e. The SMILES string of the molecule is NC(=O)c1cc2c(nc1N1C3CCC1CC(N)C3)CCC2. The summed E-state index contributed by atoms with van der Waals surface area (Å²) in [5, 5.41) is 0. The zero-order valence-corrected chi connectivity index (χ0v) is 12.2. The molecule has 2 unspecified atom stereocenters. The number of primary amides is 1. The highest BCUT2D eigenvalue weighted by atomic mass is 16.1. The van der Waals surface area contributed by atoms with Gasteiger partial charge in [0.1, 0.15) is 5.82 Å². The lowest BCUT2D eigenvalue weighted by atomic mass is 9.97. The molecule has 0 radical (unpaired) electrons. The topological polar surface area (TPSA) is 85.2 Å². The summed E-state index contributed by atoms with van der Waals surface area (Å²) in [5.41, 5.74) is 14.7. The molecule has 0 aromatic carbocycles. The van der Waals surface area contributed by atoms with Crippen molar-refractivity contribution in [1.82, 2.24) is 4.98 Å². The van der Waals surface area contributed by atoms with Gasteiger partial charge in [-0.3, -0.25) is 4.79 Å². The minimum absolute atomic E-state index is 0.283. The first-order valence-corrected chi connectivity index (χ1v) is 8.00. The second-order valence-corrected chi connectivity index (χ2v) is 6.71. The van der Waals surface area contributed by atoms with Crippen LogP contribution in [0.5, 0.6) is 0 Å². The van der Waals surface area contributed by atoms with Gasteiger partial charge in [-0.05, 0) is 56.6 Å². The van der Waals surface area contributed by atoms with Gasteiger partial charge in [0, 0.05) is 23.8 Å². The molecule has 4 rings (SSSR count). The van der Waals surface area contributed by atoms with E-state index in [1.807, 2.05) is 6.07 Å². The molecule has 5 nitrogen and oxygen atoms in total. The minimum Gasteiger partial charge on any atom is -0.365 e. The van der Waals surface area contributed by atoms with E-state index in [9.17, 15) is 4.79 Å². The van der Waals surface area contributed by atoms with Crippen molar-refractivity contribution < 1.29 is 4.79 Å². The summed E-state index contributed by atoms with van der Waals surface area (Å²) in [4.78, 5) is 19.1. The largest absolute Gasteiger partial charge is 0.365 e. The number of nitrogens with zero attached hydrogens (tertiary/aromatic N) is 2. The zero-order chi connectivity index (χ0) is 14.6. The van der Waals surface area contributed by atoms with Crippen molar-refractivity contribution in [3.05, 3.63) is 22.9 Å². The second kappa shape index (κ2) is 4.70. The van der Waals surface area contributed by atoms with Crippen LogP contribution in [0.2, 0.25) is 0 Å². The number of aryl methyl sites for hydroxylation is 2. The molecule has 1 aromatic heterocycles. The number of rotatable bonds is 2. The number of pyridine rings is 1. The molecule has 2 bridgehead atoms. The summed E-state index contributed by atoms with van der Waals surface area (Å²) < 4.78 is 0. The normalized spacial score (nSPS) is 30.5. The zero-order valence-electron chi connectivity index (χ0n) is 12.2. The van der Waals surface area contributed by atoms with Crippen LogP contribution in [0, 0.1) is 0 Å². The molecule has 0 spiro atoms. The van der Waals surface area contributed by atoms with Gasteiger partial charge in [0.25, 0.3) is 5.91 Å². The van der Waals surface area contributed by atoms with E-state index in [1.54, 1.807) is 0 Å². The number of carbonyl (C=O) groups is 1. The standard InChI is InChI=1S/C16H22N4O/c17-10-7-11-4-5-12(8-10)20(11)16-13(15(18)21)6-9-2-1-3-14(9)19-16/h6,10-12H,1-5,7-8,17H2,(H2,18,21). The molecular formula is C16H22N4O. The summed E-state index contributed by atoms with van der Waals surface area (Å²) in [6.07, 6.45) is 7.44. The number of anilines is 1. The fourth-order valence-electron chi connectivity index (χ4n) is 4.40. The van der Waals surface area contributed by atoms with Crippen molar-refractivity contribution in [2.75, 3.05) is 4.90 Å². The molecule has 21 heavy (non-hydrogen) atoms. The first-order valence-electron chi connectivity index (χ1n) is 8.00. The van der Waals surface area contributed by atoms with Crippen molar-refractivity contribution >= 4 is 11.7 Å².